The van der Waals surface area contributed by atoms with Crippen molar-refractivity contribution >= 4 is 25.2 Å². The molecule has 2 N–H and O–H groups in total. The third-order valence-corrected chi connectivity index (χ3v) is 13.2. The summed E-state index contributed by atoms with van der Waals surface area (Å²) >= 11 is 0. The van der Waals surface area contributed by atoms with Crippen LogP contribution < -0.4 is 4.43 Å². The zero-order valence-corrected chi connectivity index (χ0v) is 23.0. The topological polar surface area (TPSA) is 71.5 Å². The van der Waals surface area contributed by atoms with Crippen LogP contribution in [0.25, 0.3) is 10.9 Å². The van der Waals surface area contributed by atoms with Crippen molar-refractivity contribution in [1.29, 1.82) is 0 Å². The molecule has 6 heteroatoms. The summed E-state index contributed by atoms with van der Waals surface area (Å²) < 4.78 is 12.7. The molecule has 190 valence electrons. The minimum atomic E-state index is -2.05. The molecule has 1 atom stereocenters. The Bertz CT molecular complexity index is 1070. The van der Waals surface area contributed by atoms with Gasteiger partial charge in [0.1, 0.15) is 5.75 Å². The van der Waals surface area contributed by atoms with Gasteiger partial charge in [-0.3, -0.25) is 4.79 Å². The van der Waals surface area contributed by atoms with Gasteiger partial charge in [0.2, 0.25) is 0 Å². The van der Waals surface area contributed by atoms with Crippen molar-refractivity contribution in [3.8, 4) is 5.75 Å². The van der Waals surface area contributed by atoms with Crippen molar-refractivity contribution in [3.05, 3.63) is 65.9 Å². The van der Waals surface area contributed by atoms with Crippen molar-refractivity contribution in [2.24, 2.45) is 0 Å². The van der Waals surface area contributed by atoms with Crippen molar-refractivity contribution in [2.75, 3.05) is 6.61 Å². The molecule has 0 saturated heterocycles. The Hall–Kier alpha value is -2.57. The average Bonchev–Trinajstić information content (AvgIpc) is 3.22. The summed E-state index contributed by atoms with van der Waals surface area (Å²) in [6.07, 6.45) is 0.703. The molecule has 0 aliphatic carbocycles. The number of ether oxygens (including phenoxy) is 1. The van der Waals surface area contributed by atoms with Crippen LogP contribution in [-0.2, 0) is 16.1 Å². The minimum absolute atomic E-state index is 0.0644. The zero-order valence-electron chi connectivity index (χ0n) is 22.0. The summed E-state index contributed by atoms with van der Waals surface area (Å²) in [6.45, 7) is 14.8. The number of H-pyrrole nitrogens is 1. The van der Waals surface area contributed by atoms with E-state index in [9.17, 15) is 9.90 Å². The Labute approximate surface area is 211 Å². The van der Waals surface area contributed by atoms with Crippen LogP contribution in [0.15, 0.2) is 54.6 Å². The van der Waals surface area contributed by atoms with Gasteiger partial charge in [-0.05, 0) is 52.9 Å². The molecule has 3 aromatic rings. The maximum absolute atomic E-state index is 11.6. The lowest BCUT2D eigenvalue weighted by atomic mass is 9.98. The molecule has 5 nitrogen and oxygen atoms in total. The zero-order chi connectivity index (χ0) is 25.6. The highest BCUT2D eigenvalue weighted by molar-refractivity contribution is 6.78. The van der Waals surface area contributed by atoms with E-state index in [1.54, 1.807) is 0 Å². The molecule has 0 aliphatic heterocycles. The SMILES string of the molecule is CC(C)[Si](Oc1ccc2[nH]c(C(CCOCc3ccccc3)CC(=O)O)cc2c1)(C(C)C)C(C)C. The molecular weight excluding hydrogens is 454 g/mol. The van der Waals surface area contributed by atoms with Crippen LogP contribution in [0.5, 0.6) is 5.75 Å². The molecule has 0 fully saturated rings. The lowest BCUT2D eigenvalue weighted by Gasteiger charge is -2.42. The van der Waals surface area contributed by atoms with Crippen LogP contribution in [0.4, 0.5) is 0 Å². The summed E-state index contributed by atoms with van der Waals surface area (Å²) in [6, 6.07) is 18.3. The van der Waals surface area contributed by atoms with Crippen molar-refractivity contribution in [2.45, 2.75) is 83.5 Å². The Morgan fingerprint density at radius 1 is 0.943 bits per heavy atom. The van der Waals surface area contributed by atoms with Gasteiger partial charge in [-0.2, -0.15) is 0 Å². The molecule has 1 heterocycles. The maximum Gasteiger partial charge on any atom is 0.304 e. The smallest absolute Gasteiger partial charge is 0.304 e. The molecule has 0 saturated carbocycles. The summed E-state index contributed by atoms with van der Waals surface area (Å²) in [5.41, 5.74) is 4.54. The van der Waals surface area contributed by atoms with E-state index in [2.05, 4.69) is 64.7 Å². The van der Waals surface area contributed by atoms with E-state index in [1.165, 1.54) is 0 Å². The van der Waals surface area contributed by atoms with E-state index in [0.717, 1.165) is 27.9 Å². The first-order chi connectivity index (χ1) is 16.6. The van der Waals surface area contributed by atoms with Crippen LogP contribution in [0.1, 0.15) is 71.6 Å². The molecule has 0 radical (unpaired) electrons. The number of hydrogen-bond acceptors (Lipinski definition) is 3. The monoisotopic (exact) mass is 495 g/mol. The van der Waals surface area contributed by atoms with E-state index in [1.807, 2.05) is 36.4 Å². The first-order valence-electron chi connectivity index (χ1n) is 12.8. The molecule has 0 amide bonds. The number of carbonyl (C=O) groups is 1. The molecule has 1 unspecified atom stereocenters. The van der Waals surface area contributed by atoms with Gasteiger partial charge in [-0.1, -0.05) is 71.9 Å². The highest BCUT2D eigenvalue weighted by Crippen LogP contribution is 2.43. The van der Waals surface area contributed by atoms with Crippen molar-refractivity contribution in [3.63, 3.8) is 0 Å². The van der Waals surface area contributed by atoms with Gasteiger partial charge in [0.25, 0.3) is 8.32 Å². The number of carboxylic acid groups (broad SMARTS) is 1. The molecule has 2 aromatic carbocycles. The fourth-order valence-electron chi connectivity index (χ4n) is 5.54. The van der Waals surface area contributed by atoms with Crippen LogP contribution in [0, 0.1) is 0 Å². The van der Waals surface area contributed by atoms with Gasteiger partial charge >= 0.3 is 5.97 Å². The predicted molar refractivity (Wildman–Crippen MR) is 146 cm³/mol. The summed E-state index contributed by atoms with van der Waals surface area (Å²) in [5, 5.41) is 10.6. The second-order valence-electron chi connectivity index (χ2n) is 10.5. The van der Waals surface area contributed by atoms with Gasteiger partial charge < -0.3 is 19.3 Å². The van der Waals surface area contributed by atoms with Gasteiger partial charge in [-0.25, -0.2) is 0 Å². The number of hydrogen-bond donors (Lipinski definition) is 2. The minimum Gasteiger partial charge on any atom is -0.543 e. The van der Waals surface area contributed by atoms with Crippen LogP contribution in [0.3, 0.4) is 0 Å². The molecule has 0 bridgehead atoms. The van der Waals surface area contributed by atoms with Gasteiger partial charge in [0.15, 0.2) is 0 Å². The number of carboxylic acids is 1. The Morgan fingerprint density at radius 3 is 2.20 bits per heavy atom. The standard InChI is InChI=1S/C29H41NO4Si/c1-20(2)35(21(3)4,22(5)6)34-26-12-13-27-25(16-26)17-28(30-27)24(18-29(31)32)14-15-33-19-23-10-8-7-9-11-23/h7-13,16-17,20-22,24,30H,14-15,18-19H2,1-6H3,(H,31,32). The number of nitrogens with one attached hydrogen (secondary N) is 1. The Kier molecular flexibility index (Phi) is 9.19. The number of benzene rings is 2. The van der Waals surface area contributed by atoms with E-state index >= 15 is 0 Å². The first-order valence-corrected chi connectivity index (χ1v) is 14.9. The molecule has 35 heavy (non-hydrogen) atoms. The van der Waals surface area contributed by atoms with Crippen LogP contribution in [-0.4, -0.2) is 31.0 Å². The number of aliphatic carboxylic acids is 1. The van der Waals surface area contributed by atoms with Crippen LogP contribution in [0.2, 0.25) is 16.6 Å². The quantitative estimate of drug-likeness (QED) is 0.187. The fourth-order valence-corrected chi connectivity index (χ4v) is 10.8. The number of aromatic nitrogens is 1. The van der Waals surface area contributed by atoms with Gasteiger partial charge in [-0.15, -0.1) is 0 Å². The Balaban J connectivity index is 1.77. The second kappa shape index (κ2) is 11.9. The molecule has 1 aromatic heterocycles. The normalized spacial score (nSPS) is 13.2. The molecule has 0 aliphatic rings. The lowest BCUT2D eigenvalue weighted by Crippen LogP contribution is -2.50. The highest BCUT2D eigenvalue weighted by Gasteiger charge is 2.47. The molecule has 0 spiro atoms. The summed E-state index contributed by atoms with van der Waals surface area (Å²) in [7, 11) is -2.05. The largest absolute Gasteiger partial charge is 0.543 e. The maximum atomic E-state index is 11.6. The van der Waals surface area contributed by atoms with E-state index < -0.39 is 14.3 Å². The summed E-state index contributed by atoms with van der Waals surface area (Å²) in [4.78, 5) is 15.0. The van der Waals surface area contributed by atoms with Gasteiger partial charge in [0.05, 0.1) is 13.0 Å². The average molecular weight is 496 g/mol. The second-order valence-corrected chi connectivity index (χ2v) is 15.9. The molecular formula is C29H41NO4Si. The fraction of sp³-hybridized carbons (Fsp3) is 0.483. The van der Waals surface area contributed by atoms with Crippen molar-refractivity contribution < 1.29 is 19.1 Å². The lowest BCUT2D eigenvalue weighted by molar-refractivity contribution is -0.137. The third-order valence-electron chi connectivity index (χ3n) is 7.20. The Morgan fingerprint density at radius 2 is 1.60 bits per heavy atom. The molecule has 3 rings (SSSR count). The first kappa shape index (κ1) is 27.0. The number of rotatable bonds is 13. The van der Waals surface area contributed by atoms with E-state index in [4.69, 9.17) is 9.16 Å². The highest BCUT2D eigenvalue weighted by atomic mass is 28.4. The van der Waals surface area contributed by atoms with E-state index in [0.29, 0.717) is 36.3 Å². The van der Waals surface area contributed by atoms with Crippen molar-refractivity contribution in [1.82, 2.24) is 4.98 Å². The van der Waals surface area contributed by atoms with E-state index in [-0.39, 0.29) is 12.3 Å². The summed E-state index contributed by atoms with van der Waals surface area (Å²) in [5.74, 6) is -0.0374. The third kappa shape index (κ3) is 6.56. The number of aromatic amines is 1. The number of fused-ring (bicyclic) bond motifs is 1. The van der Waals surface area contributed by atoms with Crippen LogP contribution >= 0.6 is 0 Å². The van der Waals surface area contributed by atoms with Gasteiger partial charge in [0, 0.05) is 29.1 Å². The predicted octanol–water partition coefficient (Wildman–Crippen LogP) is 7.89.